The van der Waals surface area contributed by atoms with E-state index in [-0.39, 0.29) is 16.3 Å². The van der Waals surface area contributed by atoms with Gasteiger partial charge in [-0.15, -0.1) is 0 Å². The van der Waals surface area contributed by atoms with Gasteiger partial charge in [-0.2, -0.15) is 13.2 Å². The molecule has 0 saturated heterocycles. The number of amides is 2. The summed E-state index contributed by atoms with van der Waals surface area (Å²) in [4.78, 5) is 12.1. The van der Waals surface area contributed by atoms with Crippen molar-refractivity contribution in [3.05, 3.63) is 53.6 Å². The van der Waals surface area contributed by atoms with E-state index in [1.807, 2.05) is 0 Å². The van der Waals surface area contributed by atoms with Crippen molar-refractivity contribution in [2.45, 2.75) is 18.0 Å². The zero-order valence-corrected chi connectivity index (χ0v) is 15.6. The number of nitrogens with one attached hydrogen (secondary N) is 2. The van der Waals surface area contributed by atoms with Crippen LogP contribution in [0.4, 0.5) is 29.3 Å². The first kappa shape index (κ1) is 20.7. The number of carbonyl (C=O) groups is 1. The van der Waals surface area contributed by atoms with E-state index in [0.717, 1.165) is 28.6 Å². The third-order valence-corrected chi connectivity index (χ3v) is 5.63. The van der Waals surface area contributed by atoms with Crippen LogP contribution in [0.2, 0.25) is 0 Å². The van der Waals surface area contributed by atoms with Crippen molar-refractivity contribution in [1.82, 2.24) is 4.31 Å². The molecule has 0 aliphatic rings. The second-order valence-electron chi connectivity index (χ2n) is 5.92. The first-order chi connectivity index (χ1) is 12.4. The SMILES string of the molecule is Cc1ccc(NC(=O)Nc2ccc(C(F)(F)F)cc2)cc1S(=O)(=O)N(C)C. The lowest BCUT2D eigenvalue weighted by Crippen LogP contribution is -2.24. The first-order valence-electron chi connectivity index (χ1n) is 7.69. The number of halogens is 3. The summed E-state index contributed by atoms with van der Waals surface area (Å²) in [5, 5.41) is 4.85. The first-order valence-corrected chi connectivity index (χ1v) is 9.13. The second kappa shape index (κ2) is 7.57. The summed E-state index contributed by atoms with van der Waals surface area (Å²) in [6.07, 6.45) is -4.46. The van der Waals surface area contributed by atoms with Gasteiger partial charge in [-0.05, 0) is 48.9 Å². The van der Waals surface area contributed by atoms with Crippen LogP contribution in [0.25, 0.3) is 0 Å². The van der Waals surface area contributed by atoms with Crippen LogP contribution in [-0.2, 0) is 16.2 Å². The molecule has 0 unspecified atom stereocenters. The molecule has 6 nitrogen and oxygen atoms in total. The quantitative estimate of drug-likeness (QED) is 0.815. The van der Waals surface area contributed by atoms with Gasteiger partial charge >= 0.3 is 12.2 Å². The van der Waals surface area contributed by atoms with Crippen molar-refractivity contribution in [3.8, 4) is 0 Å². The standard InChI is InChI=1S/C17H18F3N3O3S/c1-11-4-7-14(10-15(11)27(25,26)23(2)3)22-16(24)21-13-8-5-12(6-9-13)17(18,19)20/h4-10H,1-3H3,(H2,21,22,24). The maximum absolute atomic E-state index is 12.5. The molecule has 0 fully saturated rings. The molecule has 0 spiro atoms. The number of benzene rings is 2. The number of nitrogens with zero attached hydrogens (tertiary/aromatic N) is 1. The summed E-state index contributed by atoms with van der Waals surface area (Å²) in [7, 11) is -0.898. The Kier molecular flexibility index (Phi) is 5.81. The van der Waals surface area contributed by atoms with Gasteiger partial charge in [0.2, 0.25) is 10.0 Å². The molecular weight excluding hydrogens is 383 g/mol. The van der Waals surface area contributed by atoms with E-state index >= 15 is 0 Å². The summed E-state index contributed by atoms with van der Waals surface area (Å²) in [6.45, 7) is 1.63. The number of alkyl halides is 3. The van der Waals surface area contributed by atoms with Gasteiger partial charge in [-0.25, -0.2) is 17.5 Å². The lowest BCUT2D eigenvalue weighted by molar-refractivity contribution is -0.137. The highest BCUT2D eigenvalue weighted by Crippen LogP contribution is 2.30. The summed E-state index contributed by atoms with van der Waals surface area (Å²) in [5.41, 5.74) is 0.0714. The highest BCUT2D eigenvalue weighted by Gasteiger charge is 2.30. The van der Waals surface area contributed by atoms with Crippen LogP contribution in [0.1, 0.15) is 11.1 Å². The van der Waals surface area contributed by atoms with Gasteiger partial charge in [-0.3, -0.25) is 0 Å². The Hall–Kier alpha value is -2.59. The highest BCUT2D eigenvalue weighted by atomic mass is 32.2. The van der Waals surface area contributed by atoms with E-state index in [4.69, 9.17) is 0 Å². The van der Waals surface area contributed by atoms with Gasteiger partial charge < -0.3 is 10.6 Å². The van der Waals surface area contributed by atoms with E-state index in [0.29, 0.717) is 5.56 Å². The molecule has 10 heteroatoms. The van der Waals surface area contributed by atoms with Gasteiger partial charge in [0.25, 0.3) is 0 Å². The zero-order valence-electron chi connectivity index (χ0n) is 14.8. The average molecular weight is 401 g/mol. The van der Waals surface area contributed by atoms with Crippen LogP contribution in [0.5, 0.6) is 0 Å². The Balaban J connectivity index is 2.15. The van der Waals surface area contributed by atoms with Crippen LogP contribution in [0.15, 0.2) is 47.4 Å². The molecule has 146 valence electrons. The van der Waals surface area contributed by atoms with Crippen molar-refractivity contribution in [2.24, 2.45) is 0 Å². The third-order valence-electron chi connectivity index (χ3n) is 3.67. The van der Waals surface area contributed by atoms with Crippen molar-refractivity contribution >= 4 is 27.4 Å². The van der Waals surface area contributed by atoms with Crippen LogP contribution in [-0.4, -0.2) is 32.8 Å². The lowest BCUT2D eigenvalue weighted by Gasteiger charge is -2.15. The number of sulfonamides is 1. The molecule has 2 rings (SSSR count). The Morgan fingerprint density at radius 1 is 0.963 bits per heavy atom. The predicted molar refractivity (Wildman–Crippen MR) is 96.1 cm³/mol. The third kappa shape index (κ3) is 4.98. The molecule has 2 aromatic rings. The molecule has 2 aromatic carbocycles. The fourth-order valence-electron chi connectivity index (χ4n) is 2.19. The molecule has 0 radical (unpaired) electrons. The van der Waals surface area contributed by atoms with Crippen LogP contribution >= 0.6 is 0 Å². The number of hydrogen-bond donors (Lipinski definition) is 2. The van der Waals surface area contributed by atoms with E-state index in [2.05, 4.69) is 10.6 Å². The fraction of sp³-hybridized carbons (Fsp3) is 0.235. The minimum absolute atomic E-state index is 0.0415. The smallest absolute Gasteiger partial charge is 0.308 e. The number of anilines is 2. The predicted octanol–water partition coefficient (Wildman–Crippen LogP) is 3.91. The van der Waals surface area contributed by atoms with Crippen molar-refractivity contribution in [1.29, 1.82) is 0 Å². The summed E-state index contributed by atoms with van der Waals surface area (Å²) in [5.74, 6) is 0. The molecule has 27 heavy (non-hydrogen) atoms. The highest BCUT2D eigenvalue weighted by molar-refractivity contribution is 7.89. The van der Waals surface area contributed by atoms with Crippen LogP contribution in [0.3, 0.4) is 0 Å². The number of urea groups is 1. The summed E-state index contributed by atoms with van der Waals surface area (Å²) < 4.78 is 63.3. The fourth-order valence-corrected chi connectivity index (χ4v) is 3.33. The molecule has 0 bridgehead atoms. The molecule has 0 saturated carbocycles. The minimum atomic E-state index is -4.46. The Morgan fingerprint density at radius 3 is 2.00 bits per heavy atom. The average Bonchev–Trinajstić information content (AvgIpc) is 2.56. The number of carbonyl (C=O) groups excluding carboxylic acids is 1. The molecule has 0 atom stereocenters. The van der Waals surface area contributed by atoms with E-state index < -0.39 is 27.8 Å². The topological polar surface area (TPSA) is 78.5 Å². The number of rotatable bonds is 4. The van der Waals surface area contributed by atoms with Gasteiger partial charge in [-0.1, -0.05) is 6.07 Å². The summed E-state index contributed by atoms with van der Waals surface area (Å²) in [6, 6.07) is 7.62. The van der Waals surface area contributed by atoms with Crippen molar-refractivity contribution < 1.29 is 26.4 Å². The molecule has 2 N–H and O–H groups in total. The van der Waals surface area contributed by atoms with Crippen LogP contribution in [0, 0.1) is 6.92 Å². The Bertz CT molecular complexity index is 940. The maximum Gasteiger partial charge on any atom is 0.416 e. The van der Waals surface area contributed by atoms with Gasteiger partial charge in [0.15, 0.2) is 0 Å². The normalized spacial score (nSPS) is 12.1. The van der Waals surface area contributed by atoms with Gasteiger partial charge in [0, 0.05) is 25.5 Å². The molecule has 0 aliphatic carbocycles. The Morgan fingerprint density at radius 2 is 1.48 bits per heavy atom. The van der Waals surface area contributed by atoms with Crippen molar-refractivity contribution in [2.75, 3.05) is 24.7 Å². The Labute approximate surface area is 155 Å². The molecule has 0 aromatic heterocycles. The monoisotopic (exact) mass is 401 g/mol. The van der Waals surface area contributed by atoms with Crippen LogP contribution < -0.4 is 10.6 Å². The van der Waals surface area contributed by atoms with E-state index in [9.17, 15) is 26.4 Å². The van der Waals surface area contributed by atoms with Gasteiger partial charge in [0.05, 0.1) is 10.5 Å². The van der Waals surface area contributed by atoms with E-state index in [1.165, 1.54) is 26.2 Å². The number of hydrogen-bond acceptors (Lipinski definition) is 3. The lowest BCUT2D eigenvalue weighted by atomic mass is 10.2. The van der Waals surface area contributed by atoms with Crippen molar-refractivity contribution in [3.63, 3.8) is 0 Å². The van der Waals surface area contributed by atoms with Gasteiger partial charge in [0.1, 0.15) is 0 Å². The maximum atomic E-state index is 12.5. The molecule has 0 aliphatic heterocycles. The largest absolute Gasteiger partial charge is 0.416 e. The molecular formula is C17H18F3N3O3S. The molecule has 2 amide bonds. The second-order valence-corrected chi connectivity index (χ2v) is 8.04. The molecule has 0 heterocycles. The summed E-state index contributed by atoms with van der Waals surface area (Å²) >= 11 is 0. The minimum Gasteiger partial charge on any atom is -0.308 e. The number of aryl methyl sites for hydroxylation is 1. The zero-order chi connectivity index (χ0) is 20.4. The van der Waals surface area contributed by atoms with E-state index in [1.54, 1.807) is 13.0 Å².